The number of ether oxygens (including phenoxy) is 3. The van der Waals surface area contributed by atoms with Gasteiger partial charge in [0.1, 0.15) is 5.00 Å². The van der Waals surface area contributed by atoms with Crippen molar-refractivity contribution >= 4 is 57.4 Å². The Hall–Kier alpha value is -4.22. The van der Waals surface area contributed by atoms with Gasteiger partial charge in [-0.25, -0.2) is 15.0 Å². The van der Waals surface area contributed by atoms with Gasteiger partial charge >= 0.3 is 23.8 Å². The van der Waals surface area contributed by atoms with Crippen LogP contribution in [0.15, 0.2) is 47.6 Å². The van der Waals surface area contributed by atoms with Crippen molar-refractivity contribution in [1.29, 1.82) is 0 Å². The van der Waals surface area contributed by atoms with Gasteiger partial charge in [0.25, 0.3) is 0 Å². The van der Waals surface area contributed by atoms with Crippen LogP contribution in [0.1, 0.15) is 63.4 Å². The van der Waals surface area contributed by atoms with E-state index in [1.165, 1.54) is 24.5 Å². The second-order valence-corrected chi connectivity index (χ2v) is 10.5. The zero-order valence-electron chi connectivity index (χ0n) is 22.7. The molecule has 4 rings (SSSR count). The predicted molar refractivity (Wildman–Crippen MR) is 155 cm³/mol. The second kappa shape index (κ2) is 13.4. The number of halogens is 1. The Kier molecular flexibility index (Phi) is 9.74. The van der Waals surface area contributed by atoms with E-state index in [4.69, 9.17) is 25.8 Å². The number of rotatable bonds is 8. The van der Waals surface area contributed by atoms with Gasteiger partial charge in [-0.3, -0.25) is 9.59 Å². The minimum atomic E-state index is -1.01. The number of aryl methyl sites for hydroxylation is 1. The number of benzene rings is 2. The maximum Gasteiger partial charge on any atom is 0.345 e. The lowest BCUT2D eigenvalue weighted by Gasteiger charge is -2.12. The van der Waals surface area contributed by atoms with E-state index in [1.54, 1.807) is 50.2 Å². The third-order valence-electron chi connectivity index (χ3n) is 6.29. The fraction of sp³-hybridized carbons (Fsp3) is 0.276. The number of carbonyl (C=O) groups is 4. The summed E-state index contributed by atoms with van der Waals surface area (Å²) >= 11 is 7.37. The van der Waals surface area contributed by atoms with Gasteiger partial charge in [-0.05, 0) is 75.4 Å². The lowest BCUT2D eigenvalue weighted by atomic mass is 9.95. The average Bonchev–Trinajstić information content (AvgIpc) is 3.34. The standard InChI is InChI=1S/C29H28ClN3O7S/c1-4-39-29(37)24-19-10-6-8-12-23(19)41-27(24)31-25(34)26(35)33-32-16(2)17-13-14-21(22(15-17)38-3)40-28(36)18-9-5-7-11-20(18)30/h5,7,9,11,13-15H,4,6,8,10,12H2,1-3H3,(H,31,34)(H,33,35). The number of hydrazone groups is 1. The third-order valence-corrected chi connectivity index (χ3v) is 7.82. The number of anilines is 1. The summed E-state index contributed by atoms with van der Waals surface area (Å²) < 4.78 is 16.0. The van der Waals surface area contributed by atoms with Crippen molar-refractivity contribution in [2.75, 3.05) is 19.0 Å². The highest BCUT2D eigenvalue weighted by atomic mass is 35.5. The number of nitrogens with zero attached hydrogens (tertiary/aromatic N) is 1. The van der Waals surface area contributed by atoms with Gasteiger partial charge in [0.2, 0.25) is 0 Å². The Morgan fingerprint density at radius 2 is 1.76 bits per heavy atom. The second-order valence-electron chi connectivity index (χ2n) is 8.96. The van der Waals surface area contributed by atoms with Crippen molar-refractivity contribution in [3.8, 4) is 11.5 Å². The lowest BCUT2D eigenvalue weighted by Crippen LogP contribution is -2.33. The smallest absolute Gasteiger partial charge is 0.345 e. The average molecular weight is 598 g/mol. The van der Waals surface area contributed by atoms with Crippen LogP contribution in [0.4, 0.5) is 5.00 Å². The van der Waals surface area contributed by atoms with Gasteiger partial charge in [-0.1, -0.05) is 23.7 Å². The summed E-state index contributed by atoms with van der Waals surface area (Å²) in [6, 6.07) is 11.2. The van der Waals surface area contributed by atoms with E-state index in [0.29, 0.717) is 28.3 Å². The van der Waals surface area contributed by atoms with Crippen molar-refractivity contribution in [2.45, 2.75) is 39.5 Å². The van der Waals surface area contributed by atoms with E-state index < -0.39 is 23.8 Å². The van der Waals surface area contributed by atoms with Gasteiger partial charge in [0.05, 0.1) is 35.6 Å². The first-order valence-electron chi connectivity index (χ1n) is 12.9. The van der Waals surface area contributed by atoms with Crippen molar-refractivity contribution in [3.63, 3.8) is 0 Å². The topological polar surface area (TPSA) is 132 Å². The zero-order chi connectivity index (χ0) is 29.5. The van der Waals surface area contributed by atoms with Crippen LogP contribution < -0.4 is 20.2 Å². The highest BCUT2D eigenvalue weighted by molar-refractivity contribution is 7.17. The Morgan fingerprint density at radius 3 is 2.49 bits per heavy atom. The molecule has 3 aromatic rings. The molecule has 2 amide bonds. The van der Waals surface area contributed by atoms with E-state index >= 15 is 0 Å². The number of esters is 2. The number of fused-ring (bicyclic) bond motifs is 1. The van der Waals surface area contributed by atoms with Crippen LogP contribution in [0, 0.1) is 0 Å². The number of carbonyl (C=O) groups excluding carboxylic acids is 4. The summed E-state index contributed by atoms with van der Waals surface area (Å²) in [5.74, 6) is -2.74. The summed E-state index contributed by atoms with van der Waals surface area (Å²) in [6.07, 6.45) is 3.45. The molecule has 0 fully saturated rings. The molecule has 0 spiro atoms. The minimum absolute atomic E-state index is 0.161. The predicted octanol–water partition coefficient (Wildman–Crippen LogP) is 5.16. The molecule has 10 nitrogen and oxygen atoms in total. The summed E-state index contributed by atoms with van der Waals surface area (Å²) in [5.41, 5.74) is 4.52. The summed E-state index contributed by atoms with van der Waals surface area (Å²) in [5, 5.41) is 7.12. The van der Waals surface area contributed by atoms with Crippen LogP contribution in [0.2, 0.25) is 5.02 Å². The van der Waals surface area contributed by atoms with Crippen LogP contribution in [-0.2, 0) is 27.2 Å². The minimum Gasteiger partial charge on any atom is -0.493 e. The molecule has 1 heterocycles. The van der Waals surface area contributed by atoms with Gasteiger partial charge in [-0.15, -0.1) is 11.3 Å². The quantitative estimate of drug-likeness (QED) is 0.120. The molecule has 2 aromatic carbocycles. The summed E-state index contributed by atoms with van der Waals surface area (Å²) in [7, 11) is 1.41. The first-order chi connectivity index (χ1) is 19.7. The van der Waals surface area contributed by atoms with Crippen LogP contribution >= 0.6 is 22.9 Å². The largest absolute Gasteiger partial charge is 0.493 e. The molecule has 0 unspecified atom stereocenters. The fourth-order valence-electron chi connectivity index (χ4n) is 4.24. The zero-order valence-corrected chi connectivity index (χ0v) is 24.2. The molecule has 1 aromatic heterocycles. The van der Waals surface area contributed by atoms with E-state index in [2.05, 4.69) is 15.8 Å². The van der Waals surface area contributed by atoms with Crippen molar-refractivity contribution in [1.82, 2.24) is 5.43 Å². The molecule has 214 valence electrons. The molecule has 0 radical (unpaired) electrons. The van der Waals surface area contributed by atoms with Crippen LogP contribution in [0.5, 0.6) is 11.5 Å². The van der Waals surface area contributed by atoms with E-state index in [-0.39, 0.29) is 28.7 Å². The van der Waals surface area contributed by atoms with Gasteiger partial charge in [0, 0.05) is 10.4 Å². The number of methoxy groups -OCH3 is 1. The fourth-order valence-corrected chi connectivity index (χ4v) is 5.73. The number of nitrogens with one attached hydrogen (secondary N) is 2. The molecule has 0 saturated heterocycles. The van der Waals surface area contributed by atoms with Crippen molar-refractivity contribution in [2.24, 2.45) is 5.10 Å². The third kappa shape index (κ3) is 6.93. The normalized spacial score (nSPS) is 12.6. The molecule has 0 aliphatic heterocycles. The Bertz CT molecular complexity index is 1530. The van der Waals surface area contributed by atoms with Gasteiger partial charge in [0.15, 0.2) is 11.5 Å². The highest BCUT2D eigenvalue weighted by Crippen LogP contribution is 2.38. The molecule has 1 aliphatic carbocycles. The lowest BCUT2D eigenvalue weighted by molar-refractivity contribution is -0.136. The van der Waals surface area contributed by atoms with Crippen LogP contribution in [-0.4, -0.2) is 43.2 Å². The number of hydrogen-bond acceptors (Lipinski definition) is 9. The summed E-state index contributed by atoms with van der Waals surface area (Å²) in [6.45, 7) is 3.52. The Balaban J connectivity index is 1.44. The molecular weight excluding hydrogens is 570 g/mol. The SMILES string of the molecule is CCOC(=O)c1c(NC(=O)C(=O)NN=C(C)c2ccc(OC(=O)c3ccccc3Cl)c(OC)c2)sc2c1CCCC2. The molecular formula is C29H28ClN3O7S. The Labute approximate surface area is 245 Å². The number of thiophene rings is 1. The molecule has 0 saturated carbocycles. The van der Waals surface area contributed by atoms with Crippen molar-refractivity contribution < 1.29 is 33.4 Å². The van der Waals surface area contributed by atoms with Gasteiger partial charge < -0.3 is 19.5 Å². The van der Waals surface area contributed by atoms with Crippen LogP contribution in [0.25, 0.3) is 0 Å². The highest BCUT2D eigenvalue weighted by Gasteiger charge is 2.28. The van der Waals surface area contributed by atoms with Crippen LogP contribution in [0.3, 0.4) is 0 Å². The molecule has 1 aliphatic rings. The Morgan fingerprint density at radius 1 is 1.00 bits per heavy atom. The summed E-state index contributed by atoms with van der Waals surface area (Å²) in [4.78, 5) is 51.4. The molecule has 12 heteroatoms. The molecule has 0 bridgehead atoms. The molecule has 41 heavy (non-hydrogen) atoms. The van der Waals surface area contributed by atoms with E-state index in [0.717, 1.165) is 29.7 Å². The molecule has 0 atom stereocenters. The van der Waals surface area contributed by atoms with Crippen molar-refractivity contribution in [3.05, 3.63) is 74.6 Å². The number of amides is 2. The first-order valence-corrected chi connectivity index (χ1v) is 14.0. The monoisotopic (exact) mass is 597 g/mol. The first kappa shape index (κ1) is 29.8. The maximum absolute atomic E-state index is 12.7. The van der Waals surface area contributed by atoms with E-state index in [9.17, 15) is 19.2 Å². The number of hydrogen-bond donors (Lipinski definition) is 2. The maximum atomic E-state index is 12.7. The van der Waals surface area contributed by atoms with E-state index in [1.807, 2.05) is 0 Å². The molecule has 2 N–H and O–H groups in total. The van der Waals surface area contributed by atoms with Gasteiger partial charge in [-0.2, -0.15) is 5.10 Å².